The zero-order chi connectivity index (χ0) is 37.3. The van der Waals surface area contributed by atoms with Gasteiger partial charge < -0.3 is 26.0 Å². The largest absolute Gasteiger partial charge is 0.436 e. The van der Waals surface area contributed by atoms with Crippen molar-refractivity contribution in [2.24, 2.45) is 10.7 Å². The summed E-state index contributed by atoms with van der Waals surface area (Å²) in [6, 6.07) is 16.2. The predicted molar refractivity (Wildman–Crippen MR) is 186 cm³/mol. The van der Waals surface area contributed by atoms with E-state index in [9.17, 15) is 27.2 Å². The van der Waals surface area contributed by atoms with Gasteiger partial charge in [-0.25, -0.2) is 18.8 Å². The number of piperazine rings is 1. The number of ether oxygens (including phenoxy) is 1. The second kappa shape index (κ2) is 16.9. The lowest BCUT2D eigenvalue weighted by atomic mass is 10.1. The Bertz CT molecular complexity index is 1950. The molecule has 0 atom stereocenters. The number of nitrogens with two attached hydrogens (primary N) is 1. The topological polar surface area (TPSA) is 138 Å². The molecule has 1 aliphatic heterocycles. The maximum atomic E-state index is 15.1. The molecular formula is C36H35F5N8O3. The van der Waals surface area contributed by atoms with Crippen LogP contribution >= 0.6 is 0 Å². The number of carbonyl (C=O) groups excluding carboxylic acids is 2. The first kappa shape index (κ1) is 37.4. The van der Waals surface area contributed by atoms with Gasteiger partial charge in [-0.15, -0.1) is 0 Å². The van der Waals surface area contributed by atoms with Gasteiger partial charge in [0.1, 0.15) is 5.82 Å². The van der Waals surface area contributed by atoms with Crippen molar-refractivity contribution >= 4 is 40.5 Å². The van der Waals surface area contributed by atoms with Crippen LogP contribution in [0.15, 0.2) is 95.8 Å². The number of benzene rings is 3. The summed E-state index contributed by atoms with van der Waals surface area (Å²) in [5.74, 6) is -2.89. The maximum absolute atomic E-state index is 15.1. The molecule has 1 aromatic heterocycles. The van der Waals surface area contributed by atoms with E-state index in [4.69, 9.17) is 10.5 Å². The third-order valence-corrected chi connectivity index (χ3v) is 7.96. The van der Waals surface area contributed by atoms with Gasteiger partial charge in [-0.05, 0) is 60.5 Å². The summed E-state index contributed by atoms with van der Waals surface area (Å²) in [6.45, 7) is 5.82. The molecule has 0 saturated carbocycles. The molecule has 5 rings (SSSR count). The van der Waals surface area contributed by atoms with Crippen LogP contribution in [0.1, 0.15) is 18.9 Å². The molecule has 272 valence electrons. The van der Waals surface area contributed by atoms with Gasteiger partial charge in [-0.2, -0.15) is 18.2 Å². The molecule has 1 fully saturated rings. The van der Waals surface area contributed by atoms with Crippen LogP contribution in [0.2, 0.25) is 0 Å². The summed E-state index contributed by atoms with van der Waals surface area (Å²) in [4.78, 5) is 40.9. The number of nitrogens with one attached hydrogen (secondary N) is 2. The second-order valence-electron chi connectivity index (χ2n) is 11.6. The molecular weight excluding hydrogens is 687 g/mol. The number of nitrogens with zero attached hydrogens (tertiary/aromatic N) is 5. The van der Waals surface area contributed by atoms with E-state index in [0.717, 1.165) is 86.8 Å². The molecule has 1 saturated heterocycles. The predicted octanol–water partition coefficient (Wildman–Crippen LogP) is 6.50. The lowest BCUT2D eigenvalue weighted by Gasteiger charge is -2.34. The molecule has 0 aliphatic carbocycles. The molecule has 16 heteroatoms. The van der Waals surface area contributed by atoms with Gasteiger partial charge in [-0.3, -0.25) is 14.5 Å². The maximum Gasteiger partial charge on any atom is 0.434 e. The van der Waals surface area contributed by atoms with Crippen LogP contribution in [0.3, 0.4) is 0 Å². The highest BCUT2D eigenvalue weighted by atomic mass is 19.4. The van der Waals surface area contributed by atoms with Crippen LogP contribution in [-0.2, 0) is 16.0 Å². The Balaban J connectivity index is 1.19. The number of hydrogen-bond donors (Lipinski definition) is 3. The third kappa shape index (κ3) is 10.1. The van der Waals surface area contributed by atoms with Crippen molar-refractivity contribution in [2.45, 2.75) is 25.9 Å². The van der Waals surface area contributed by atoms with Crippen molar-refractivity contribution in [1.29, 1.82) is 0 Å². The SMILES string of the molecule is CCC(=O)N1CCN(CCc2cccc(Nc3nccc(Oc4ccc(NC(=O)/C(=C/N)C(=Nc5ccc(F)cc5)C(F)(F)F)cc4F)n3)c2)CC1. The van der Waals surface area contributed by atoms with E-state index in [1.807, 2.05) is 36.1 Å². The van der Waals surface area contributed by atoms with Crippen molar-refractivity contribution in [1.82, 2.24) is 19.8 Å². The van der Waals surface area contributed by atoms with Gasteiger partial charge in [0.2, 0.25) is 17.7 Å². The molecule has 0 unspecified atom stereocenters. The van der Waals surface area contributed by atoms with Crippen LogP contribution < -0.4 is 21.1 Å². The van der Waals surface area contributed by atoms with Crippen molar-refractivity contribution in [3.8, 4) is 11.6 Å². The second-order valence-corrected chi connectivity index (χ2v) is 11.6. The Morgan fingerprint density at radius 3 is 2.40 bits per heavy atom. The van der Waals surface area contributed by atoms with Gasteiger partial charge in [0, 0.05) is 75.0 Å². The molecule has 2 amide bonds. The number of rotatable bonds is 12. The summed E-state index contributed by atoms with van der Waals surface area (Å²) in [7, 11) is 0. The van der Waals surface area contributed by atoms with Gasteiger partial charge in [-0.1, -0.05) is 19.1 Å². The number of aliphatic imine (C=N–C) groups is 1. The summed E-state index contributed by atoms with van der Waals surface area (Å²) in [6.07, 6.45) is -1.96. The Morgan fingerprint density at radius 2 is 1.73 bits per heavy atom. The van der Waals surface area contributed by atoms with E-state index in [-0.39, 0.29) is 34.9 Å². The van der Waals surface area contributed by atoms with E-state index in [1.165, 1.54) is 18.3 Å². The molecule has 4 N–H and O–H groups in total. The number of aromatic nitrogens is 2. The fourth-order valence-corrected chi connectivity index (χ4v) is 5.28. The minimum atomic E-state index is -5.11. The summed E-state index contributed by atoms with van der Waals surface area (Å²) in [5.41, 5.74) is 4.06. The normalized spacial score (nSPS) is 14.2. The van der Waals surface area contributed by atoms with Crippen molar-refractivity contribution in [3.05, 3.63) is 108 Å². The average molecular weight is 723 g/mol. The van der Waals surface area contributed by atoms with Crippen molar-refractivity contribution < 1.29 is 36.3 Å². The summed E-state index contributed by atoms with van der Waals surface area (Å²) >= 11 is 0. The monoisotopic (exact) mass is 722 g/mol. The van der Waals surface area contributed by atoms with E-state index in [0.29, 0.717) is 12.6 Å². The number of hydrogen-bond acceptors (Lipinski definition) is 9. The van der Waals surface area contributed by atoms with E-state index >= 15 is 4.39 Å². The highest BCUT2D eigenvalue weighted by molar-refractivity contribution is 6.27. The minimum absolute atomic E-state index is 0.00906. The van der Waals surface area contributed by atoms with Crippen molar-refractivity contribution in [3.63, 3.8) is 0 Å². The fraction of sp³-hybridized carbons (Fsp3) is 0.250. The first-order chi connectivity index (χ1) is 24.9. The number of halogens is 5. The molecule has 2 heterocycles. The zero-order valence-corrected chi connectivity index (χ0v) is 28.0. The fourth-order valence-electron chi connectivity index (χ4n) is 5.28. The lowest BCUT2D eigenvalue weighted by molar-refractivity contribution is -0.132. The van der Waals surface area contributed by atoms with Gasteiger partial charge >= 0.3 is 6.18 Å². The van der Waals surface area contributed by atoms with Gasteiger partial charge in [0.05, 0.1) is 11.3 Å². The van der Waals surface area contributed by atoms with Gasteiger partial charge in [0.25, 0.3) is 5.91 Å². The van der Waals surface area contributed by atoms with Crippen LogP contribution in [0.4, 0.5) is 45.0 Å². The van der Waals surface area contributed by atoms with E-state index in [1.54, 1.807) is 0 Å². The van der Waals surface area contributed by atoms with Crippen molar-refractivity contribution in [2.75, 3.05) is 43.4 Å². The summed E-state index contributed by atoms with van der Waals surface area (Å²) < 4.78 is 75.5. The highest BCUT2D eigenvalue weighted by Gasteiger charge is 2.40. The number of alkyl halides is 3. The Morgan fingerprint density at radius 1 is 0.981 bits per heavy atom. The molecule has 11 nitrogen and oxygen atoms in total. The Labute approximate surface area is 296 Å². The summed E-state index contributed by atoms with van der Waals surface area (Å²) in [5, 5.41) is 5.28. The molecule has 52 heavy (non-hydrogen) atoms. The molecule has 3 aromatic carbocycles. The molecule has 1 aliphatic rings. The lowest BCUT2D eigenvalue weighted by Crippen LogP contribution is -2.48. The zero-order valence-electron chi connectivity index (χ0n) is 28.0. The standard InChI is InChI=1S/C36H35F5N8O3/c1-2-32(50)49-18-16-48(17-19-49)15-13-23-4-3-5-26(20-23)46-35-43-14-12-31(47-35)52-30-11-10-27(21-29(30)38)45-34(51)28(22-42)33(36(39,40)41)44-25-8-6-24(37)7-9-25/h3-12,14,20-22H,2,13,15-19,42H2,1H3,(H,45,51)(H,43,46,47)/b28-22+,44-33?. The molecule has 0 radical (unpaired) electrons. The van der Waals surface area contributed by atoms with Crippen LogP contribution in [-0.4, -0.2) is 76.2 Å². The minimum Gasteiger partial charge on any atom is -0.436 e. The molecule has 0 bridgehead atoms. The third-order valence-electron chi connectivity index (χ3n) is 7.96. The Hall–Kier alpha value is -5.90. The molecule has 4 aromatic rings. The quantitative estimate of drug-likeness (QED) is 0.0856. The first-order valence-corrected chi connectivity index (χ1v) is 16.2. The first-order valence-electron chi connectivity index (χ1n) is 16.2. The van der Waals surface area contributed by atoms with Crippen LogP contribution in [0, 0.1) is 11.6 Å². The Kier molecular flexibility index (Phi) is 12.1. The van der Waals surface area contributed by atoms with Gasteiger partial charge in [0.15, 0.2) is 17.3 Å². The van der Waals surface area contributed by atoms with E-state index < -0.39 is 35.0 Å². The van der Waals surface area contributed by atoms with E-state index in [2.05, 4.69) is 30.5 Å². The van der Waals surface area contributed by atoms with Crippen LogP contribution in [0.25, 0.3) is 0 Å². The smallest absolute Gasteiger partial charge is 0.434 e. The molecule has 0 spiro atoms. The highest BCUT2D eigenvalue weighted by Crippen LogP contribution is 2.29. The van der Waals surface area contributed by atoms with Crippen LogP contribution in [0.5, 0.6) is 11.6 Å². The number of anilines is 3. The average Bonchev–Trinajstić information content (AvgIpc) is 3.12. The number of amides is 2. The number of carbonyl (C=O) groups is 2.